The highest BCUT2D eigenvalue weighted by atomic mass is 127. The topological polar surface area (TPSA) is 49.3 Å². The van der Waals surface area contributed by atoms with Gasteiger partial charge in [-0.05, 0) is 46.5 Å². The fourth-order valence-electron chi connectivity index (χ4n) is 3.36. The fourth-order valence-corrected chi connectivity index (χ4v) is 3.36. The number of para-hydroxylation sites is 1. The molecule has 1 unspecified atom stereocenters. The number of hydrogen-bond acceptors (Lipinski definition) is 4. The summed E-state index contributed by atoms with van der Waals surface area (Å²) in [7, 11) is 4.19. The number of piperidine rings is 1. The maximum atomic E-state index is 6.12. The molecule has 2 rings (SSSR count). The minimum atomic E-state index is 0. The first-order valence-corrected chi connectivity index (χ1v) is 10.6. The first-order chi connectivity index (χ1) is 13.6. The van der Waals surface area contributed by atoms with E-state index >= 15 is 0 Å². The molecule has 1 heterocycles. The highest BCUT2D eigenvalue weighted by Gasteiger charge is 2.23. The zero-order chi connectivity index (χ0) is 20.2. The van der Waals surface area contributed by atoms with Crippen LogP contribution in [-0.4, -0.2) is 81.4 Å². The molecule has 29 heavy (non-hydrogen) atoms. The summed E-state index contributed by atoms with van der Waals surface area (Å²) in [5, 5.41) is 3.45. The van der Waals surface area contributed by atoms with Crippen LogP contribution in [0, 0.1) is 0 Å². The number of guanidine groups is 1. The van der Waals surface area contributed by atoms with Gasteiger partial charge >= 0.3 is 0 Å². The number of aliphatic imine (C=N–C) groups is 1. The molecule has 1 aliphatic heterocycles. The molecular weight excluding hydrogens is 479 g/mol. The monoisotopic (exact) mass is 518 g/mol. The molecule has 0 amide bonds. The van der Waals surface area contributed by atoms with Crippen molar-refractivity contribution in [3.05, 3.63) is 30.3 Å². The van der Waals surface area contributed by atoms with Gasteiger partial charge < -0.3 is 24.6 Å². The summed E-state index contributed by atoms with van der Waals surface area (Å²) < 4.78 is 12.0. The number of nitrogens with zero attached hydrogens (tertiary/aromatic N) is 3. The first-order valence-electron chi connectivity index (χ1n) is 10.6. The van der Waals surface area contributed by atoms with Crippen molar-refractivity contribution in [1.82, 2.24) is 15.1 Å². The molecule has 0 spiro atoms. The molecule has 1 fully saturated rings. The Balaban J connectivity index is 0.00000420. The minimum Gasteiger partial charge on any atom is -0.490 e. The van der Waals surface area contributed by atoms with Gasteiger partial charge in [-0.2, -0.15) is 0 Å². The predicted molar refractivity (Wildman–Crippen MR) is 132 cm³/mol. The van der Waals surface area contributed by atoms with Crippen LogP contribution < -0.4 is 10.1 Å². The lowest BCUT2D eigenvalue weighted by molar-refractivity contribution is 0.0579. The van der Waals surface area contributed by atoms with E-state index in [4.69, 9.17) is 14.5 Å². The van der Waals surface area contributed by atoms with Crippen molar-refractivity contribution in [3.8, 4) is 5.75 Å². The van der Waals surface area contributed by atoms with Crippen molar-refractivity contribution in [2.75, 3.05) is 53.4 Å². The SMILES string of the molecule is CCNC(=NCC(CCN(C)C)OCC)N1CCC(Oc2ccccc2)CC1.I. The van der Waals surface area contributed by atoms with Gasteiger partial charge in [0, 0.05) is 45.6 Å². The van der Waals surface area contributed by atoms with E-state index in [-0.39, 0.29) is 36.2 Å². The highest BCUT2D eigenvalue weighted by molar-refractivity contribution is 14.0. The minimum absolute atomic E-state index is 0. The number of nitrogens with one attached hydrogen (secondary N) is 1. The second-order valence-corrected chi connectivity index (χ2v) is 7.48. The van der Waals surface area contributed by atoms with Crippen LogP contribution in [0.3, 0.4) is 0 Å². The van der Waals surface area contributed by atoms with Gasteiger partial charge in [0.2, 0.25) is 0 Å². The smallest absolute Gasteiger partial charge is 0.194 e. The summed E-state index contributed by atoms with van der Waals surface area (Å²) >= 11 is 0. The zero-order valence-corrected chi connectivity index (χ0v) is 20.8. The summed E-state index contributed by atoms with van der Waals surface area (Å²) in [6.45, 7) is 9.40. The van der Waals surface area contributed by atoms with E-state index in [1.807, 2.05) is 30.3 Å². The van der Waals surface area contributed by atoms with E-state index in [1.54, 1.807) is 0 Å². The second kappa shape index (κ2) is 14.8. The van der Waals surface area contributed by atoms with E-state index in [9.17, 15) is 0 Å². The Bertz CT molecular complexity index is 563. The number of halogens is 1. The predicted octanol–water partition coefficient (Wildman–Crippen LogP) is 3.47. The Hall–Kier alpha value is -1.06. The lowest BCUT2D eigenvalue weighted by Gasteiger charge is -2.34. The molecule has 0 aromatic heterocycles. The van der Waals surface area contributed by atoms with Crippen molar-refractivity contribution in [2.24, 2.45) is 4.99 Å². The second-order valence-electron chi connectivity index (χ2n) is 7.48. The summed E-state index contributed by atoms with van der Waals surface area (Å²) in [6.07, 6.45) is 3.46. The van der Waals surface area contributed by atoms with Gasteiger partial charge in [-0.25, -0.2) is 0 Å². The molecule has 1 aromatic carbocycles. The normalized spacial score (nSPS) is 16.4. The molecule has 166 valence electrons. The third-order valence-corrected chi connectivity index (χ3v) is 4.87. The molecule has 1 aliphatic rings. The number of rotatable bonds is 10. The highest BCUT2D eigenvalue weighted by Crippen LogP contribution is 2.18. The fraction of sp³-hybridized carbons (Fsp3) is 0.682. The lowest BCUT2D eigenvalue weighted by Crippen LogP contribution is -2.47. The van der Waals surface area contributed by atoms with Gasteiger partial charge in [-0.3, -0.25) is 4.99 Å². The Morgan fingerprint density at radius 2 is 1.90 bits per heavy atom. The molecule has 0 bridgehead atoms. The number of benzene rings is 1. The third-order valence-electron chi connectivity index (χ3n) is 4.87. The van der Waals surface area contributed by atoms with E-state index in [2.05, 4.69) is 43.1 Å². The summed E-state index contributed by atoms with van der Waals surface area (Å²) in [4.78, 5) is 9.43. The molecule has 1 aromatic rings. The molecule has 1 atom stereocenters. The van der Waals surface area contributed by atoms with Gasteiger partial charge in [0.05, 0.1) is 12.6 Å². The molecule has 7 heteroatoms. The summed E-state index contributed by atoms with van der Waals surface area (Å²) in [5.41, 5.74) is 0. The van der Waals surface area contributed by atoms with Crippen molar-refractivity contribution >= 4 is 29.9 Å². The van der Waals surface area contributed by atoms with Gasteiger partial charge in [-0.1, -0.05) is 18.2 Å². The molecule has 0 aliphatic carbocycles. The lowest BCUT2D eigenvalue weighted by atomic mass is 10.1. The van der Waals surface area contributed by atoms with E-state index < -0.39 is 0 Å². The van der Waals surface area contributed by atoms with Crippen molar-refractivity contribution in [1.29, 1.82) is 0 Å². The van der Waals surface area contributed by atoms with Gasteiger partial charge in [-0.15, -0.1) is 24.0 Å². The number of hydrogen-bond donors (Lipinski definition) is 1. The van der Waals surface area contributed by atoms with Crippen LogP contribution in [0.1, 0.15) is 33.1 Å². The summed E-state index contributed by atoms with van der Waals surface area (Å²) in [5.74, 6) is 1.96. The average Bonchev–Trinajstić information content (AvgIpc) is 2.70. The molecule has 1 saturated heterocycles. The molecule has 0 radical (unpaired) electrons. The molecular formula is C22H39IN4O2. The largest absolute Gasteiger partial charge is 0.490 e. The first kappa shape index (κ1) is 26.0. The van der Waals surface area contributed by atoms with Crippen molar-refractivity contribution in [2.45, 2.75) is 45.3 Å². The molecule has 0 saturated carbocycles. The van der Waals surface area contributed by atoms with E-state index in [0.717, 1.165) is 63.8 Å². The van der Waals surface area contributed by atoms with Crippen LogP contribution in [0.2, 0.25) is 0 Å². The van der Waals surface area contributed by atoms with Crippen molar-refractivity contribution in [3.63, 3.8) is 0 Å². The van der Waals surface area contributed by atoms with Gasteiger partial charge in [0.15, 0.2) is 5.96 Å². The maximum Gasteiger partial charge on any atom is 0.194 e. The maximum absolute atomic E-state index is 6.12. The van der Waals surface area contributed by atoms with Gasteiger partial charge in [0.1, 0.15) is 11.9 Å². The Morgan fingerprint density at radius 1 is 1.21 bits per heavy atom. The Labute approximate surface area is 194 Å². The van der Waals surface area contributed by atoms with E-state index in [1.165, 1.54) is 0 Å². The van der Waals surface area contributed by atoms with Crippen LogP contribution in [0.25, 0.3) is 0 Å². The average molecular weight is 518 g/mol. The number of ether oxygens (including phenoxy) is 2. The molecule has 1 N–H and O–H groups in total. The molecule has 6 nitrogen and oxygen atoms in total. The standard InChI is InChI=1S/C22H38N4O2.HI/c1-5-23-22(24-18-21(27-6-2)12-15-25(3)4)26-16-13-20(14-17-26)28-19-10-8-7-9-11-19;/h7-11,20-21H,5-6,12-18H2,1-4H3,(H,23,24);1H. The van der Waals surface area contributed by atoms with Crippen LogP contribution in [-0.2, 0) is 4.74 Å². The van der Waals surface area contributed by atoms with Gasteiger partial charge in [0.25, 0.3) is 0 Å². The van der Waals surface area contributed by atoms with Crippen LogP contribution in [0.15, 0.2) is 35.3 Å². The van der Waals surface area contributed by atoms with E-state index in [0.29, 0.717) is 6.54 Å². The quantitative estimate of drug-likeness (QED) is 0.292. The van der Waals surface area contributed by atoms with Crippen molar-refractivity contribution < 1.29 is 9.47 Å². The Kier molecular flexibility index (Phi) is 13.3. The number of likely N-dealkylation sites (tertiary alicyclic amines) is 1. The third kappa shape index (κ3) is 10.00. The zero-order valence-electron chi connectivity index (χ0n) is 18.5. The van der Waals surface area contributed by atoms with Crippen LogP contribution in [0.5, 0.6) is 5.75 Å². The Morgan fingerprint density at radius 3 is 2.48 bits per heavy atom. The van der Waals surface area contributed by atoms with Crippen LogP contribution >= 0.6 is 24.0 Å². The summed E-state index contributed by atoms with van der Waals surface area (Å²) in [6, 6.07) is 10.1. The van der Waals surface area contributed by atoms with Crippen LogP contribution in [0.4, 0.5) is 0 Å².